The molecule has 0 aromatic carbocycles. The zero-order valence-electron chi connectivity index (χ0n) is 12.3. The molecule has 0 aliphatic heterocycles. The number of nitrogens with zero attached hydrogens (tertiary/aromatic N) is 2. The summed E-state index contributed by atoms with van der Waals surface area (Å²) in [5.74, 6) is 0. The smallest absolute Gasteiger partial charge is 0.0502 e. The molecule has 106 valence electrons. The molecule has 2 atom stereocenters. The van der Waals surface area contributed by atoms with Gasteiger partial charge in [-0.1, -0.05) is 26.7 Å². The maximum Gasteiger partial charge on any atom is 0.0502 e. The second-order valence-electron chi connectivity index (χ2n) is 5.57. The Morgan fingerprint density at radius 3 is 2.42 bits per heavy atom. The summed E-state index contributed by atoms with van der Waals surface area (Å²) in [5, 5.41) is 0. The molecule has 1 aromatic rings. The molecule has 19 heavy (non-hydrogen) atoms. The van der Waals surface area contributed by atoms with Gasteiger partial charge in [-0.05, 0) is 43.5 Å². The third kappa shape index (κ3) is 3.34. The lowest BCUT2D eigenvalue weighted by atomic mass is 9.95. The van der Waals surface area contributed by atoms with E-state index in [2.05, 4.69) is 35.9 Å². The standard InChI is InChI=1S/C16H27N3/c1-3-15(17)16(13-9-11-18-12-10-13)19(4-2)14-7-5-6-8-14/h9-12,14-16H,3-8,17H2,1-2H3. The lowest BCUT2D eigenvalue weighted by molar-refractivity contribution is 0.121. The topological polar surface area (TPSA) is 42.1 Å². The van der Waals surface area contributed by atoms with Crippen molar-refractivity contribution < 1.29 is 0 Å². The van der Waals surface area contributed by atoms with Crippen LogP contribution >= 0.6 is 0 Å². The zero-order valence-corrected chi connectivity index (χ0v) is 12.3. The number of rotatable bonds is 6. The SMILES string of the molecule is CCC(N)C(c1ccncc1)N(CC)C1CCCC1. The molecule has 1 fully saturated rings. The fourth-order valence-electron chi connectivity index (χ4n) is 3.39. The Balaban J connectivity index is 2.25. The van der Waals surface area contributed by atoms with Gasteiger partial charge in [-0.3, -0.25) is 9.88 Å². The summed E-state index contributed by atoms with van der Waals surface area (Å²) < 4.78 is 0. The third-order valence-corrected chi connectivity index (χ3v) is 4.44. The number of hydrogen-bond donors (Lipinski definition) is 1. The van der Waals surface area contributed by atoms with Gasteiger partial charge < -0.3 is 5.73 Å². The maximum absolute atomic E-state index is 6.43. The summed E-state index contributed by atoms with van der Waals surface area (Å²) in [6.07, 6.45) is 10.2. The van der Waals surface area contributed by atoms with Crippen molar-refractivity contribution in [3.63, 3.8) is 0 Å². The Morgan fingerprint density at radius 2 is 1.89 bits per heavy atom. The number of pyridine rings is 1. The van der Waals surface area contributed by atoms with Crippen molar-refractivity contribution in [1.29, 1.82) is 0 Å². The van der Waals surface area contributed by atoms with Crippen LogP contribution in [-0.4, -0.2) is 28.5 Å². The van der Waals surface area contributed by atoms with E-state index in [0.717, 1.165) is 13.0 Å². The number of hydrogen-bond acceptors (Lipinski definition) is 3. The van der Waals surface area contributed by atoms with E-state index in [1.807, 2.05) is 12.4 Å². The van der Waals surface area contributed by atoms with Crippen LogP contribution in [0.25, 0.3) is 0 Å². The molecule has 1 heterocycles. The van der Waals surface area contributed by atoms with E-state index < -0.39 is 0 Å². The van der Waals surface area contributed by atoms with E-state index in [-0.39, 0.29) is 6.04 Å². The summed E-state index contributed by atoms with van der Waals surface area (Å²) in [6, 6.07) is 5.49. The average molecular weight is 261 g/mol. The number of likely N-dealkylation sites (N-methyl/N-ethyl adjacent to an activating group) is 1. The van der Waals surface area contributed by atoms with Crippen molar-refractivity contribution in [1.82, 2.24) is 9.88 Å². The Kier molecular flexibility index (Phi) is 5.34. The van der Waals surface area contributed by atoms with Crippen molar-refractivity contribution in [2.24, 2.45) is 5.73 Å². The lowest BCUT2D eigenvalue weighted by Crippen LogP contribution is -2.45. The molecule has 0 saturated heterocycles. The van der Waals surface area contributed by atoms with Gasteiger partial charge in [0, 0.05) is 24.5 Å². The molecule has 0 amide bonds. The summed E-state index contributed by atoms with van der Waals surface area (Å²) in [5.41, 5.74) is 7.75. The molecular weight excluding hydrogens is 234 g/mol. The second kappa shape index (κ2) is 7.01. The summed E-state index contributed by atoms with van der Waals surface area (Å²) in [6.45, 7) is 5.52. The molecule has 1 aromatic heterocycles. The largest absolute Gasteiger partial charge is 0.326 e. The molecule has 3 nitrogen and oxygen atoms in total. The van der Waals surface area contributed by atoms with Crippen LogP contribution in [0.5, 0.6) is 0 Å². The Bertz CT molecular complexity index is 360. The Labute approximate surface area is 117 Å². The van der Waals surface area contributed by atoms with E-state index in [4.69, 9.17) is 5.73 Å². The van der Waals surface area contributed by atoms with Crippen molar-refractivity contribution >= 4 is 0 Å². The van der Waals surface area contributed by atoms with Crippen LogP contribution in [0, 0.1) is 0 Å². The van der Waals surface area contributed by atoms with Crippen LogP contribution in [0.1, 0.15) is 57.6 Å². The van der Waals surface area contributed by atoms with Crippen LogP contribution in [0.15, 0.2) is 24.5 Å². The lowest BCUT2D eigenvalue weighted by Gasteiger charge is -2.39. The highest BCUT2D eigenvalue weighted by atomic mass is 15.2. The van der Waals surface area contributed by atoms with Gasteiger partial charge in [-0.15, -0.1) is 0 Å². The number of nitrogens with two attached hydrogens (primary N) is 1. The van der Waals surface area contributed by atoms with E-state index in [1.165, 1.54) is 31.2 Å². The van der Waals surface area contributed by atoms with Gasteiger partial charge in [0.15, 0.2) is 0 Å². The molecule has 2 unspecified atom stereocenters. The van der Waals surface area contributed by atoms with Gasteiger partial charge in [0.2, 0.25) is 0 Å². The Morgan fingerprint density at radius 1 is 1.26 bits per heavy atom. The molecule has 1 aliphatic rings. The highest BCUT2D eigenvalue weighted by Gasteiger charge is 2.31. The molecule has 1 saturated carbocycles. The average Bonchev–Trinajstić information content (AvgIpc) is 2.98. The molecule has 2 N–H and O–H groups in total. The molecule has 0 radical (unpaired) electrons. The molecule has 2 rings (SSSR count). The quantitative estimate of drug-likeness (QED) is 0.855. The monoisotopic (exact) mass is 261 g/mol. The minimum Gasteiger partial charge on any atom is -0.326 e. The molecule has 3 heteroatoms. The summed E-state index contributed by atoms with van der Waals surface area (Å²) >= 11 is 0. The molecular formula is C16H27N3. The highest BCUT2D eigenvalue weighted by Crippen LogP contribution is 2.32. The normalized spacial score (nSPS) is 19.8. The van der Waals surface area contributed by atoms with E-state index >= 15 is 0 Å². The van der Waals surface area contributed by atoms with E-state index in [0.29, 0.717) is 12.1 Å². The first-order valence-electron chi connectivity index (χ1n) is 7.69. The van der Waals surface area contributed by atoms with E-state index in [1.54, 1.807) is 0 Å². The number of aromatic nitrogens is 1. The van der Waals surface area contributed by atoms with Crippen LogP contribution in [0.2, 0.25) is 0 Å². The predicted octanol–water partition coefficient (Wildman–Crippen LogP) is 3.12. The van der Waals surface area contributed by atoms with Crippen molar-refractivity contribution in [3.05, 3.63) is 30.1 Å². The summed E-state index contributed by atoms with van der Waals surface area (Å²) in [7, 11) is 0. The minimum absolute atomic E-state index is 0.197. The minimum atomic E-state index is 0.197. The van der Waals surface area contributed by atoms with Gasteiger partial charge in [0.05, 0.1) is 6.04 Å². The van der Waals surface area contributed by atoms with Gasteiger partial charge in [0.25, 0.3) is 0 Å². The van der Waals surface area contributed by atoms with Crippen LogP contribution in [-0.2, 0) is 0 Å². The van der Waals surface area contributed by atoms with Crippen molar-refractivity contribution in [2.75, 3.05) is 6.54 Å². The van der Waals surface area contributed by atoms with E-state index in [9.17, 15) is 0 Å². The van der Waals surface area contributed by atoms with Gasteiger partial charge in [-0.25, -0.2) is 0 Å². The fourth-order valence-corrected chi connectivity index (χ4v) is 3.39. The Hall–Kier alpha value is -0.930. The van der Waals surface area contributed by atoms with Gasteiger partial charge in [-0.2, -0.15) is 0 Å². The first-order chi connectivity index (χ1) is 9.27. The van der Waals surface area contributed by atoms with Crippen molar-refractivity contribution in [3.8, 4) is 0 Å². The fraction of sp³-hybridized carbons (Fsp3) is 0.688. The third-order valence-electron chi connectivity index (χ3n) is 4.44. The molecule has 1 aliphatic carbocycles. The maximum atomic E-state index is 6.43. The highest BCUT2D eigenvalue weighted by molar-refractivity contribution is 5.18. The summed E-state index contributed by atoms with van der Waals surface area (Å²) in [4.78, 5) is 6.76. The first-order valence-corrected chi connectivity index (χ1v) is 7.69. The van der Waals surface area contributed by atoms with Crippen LogP contribution in [0.3, 0.4) is 0 Å². The van der Waals surface area contributed by atoms with Crippen LogP contribution in [0.4, 0.5) is 0 Å². The molecule has 0 spiro atoms. The molecule has 0 bridgehead atoms. The van der Waals surface area contributed by atoms with Crippen LogP contribution < -0.4 is 5.73 Å². The van der Waals surface area contributed by atoms with Crippen molar-refractivity contribution in [2.45, 2.75) is 64.1 Å². The zero-order chi connectivity index (χ0) is 13.7. The first kappa shape index (κ1) is 14.5. The second-order valence-corrected chi connectivity index (χ2v) is 5.57. The predicted molar refractivity (Wildman–Crippen MR) is 79.9 cm³/mol. The van der Waals surface area contributed by atoms with Gasteiger partial charge in [0.1, 0.15) is 0 Å². The van der Waals surface area contributed by atoms with Gasteiger partial charge >= 0.3 is 0 Å².